The van der Waals surface area contributed by atoms with Crippen LogP contribution in [0.2, 0.25) is 0 Å². The molecule has 0 heterocycles. The summed E-state index contributed by atoms with van der Waals surface area (Å²) in [6.07, 6.45) is 11.0. The number of nitrogens with one attached hydrogen (secondary N) is 2. The van der Waals surface area contributed by atoms with Crippen molar-refractivity contribution >= 4 is 17.3 Å². The molecule has 0 unspecified atom stereocenters. The van der Waals surface area contributed by atoms with E-state index in [1.807, 2.05) is 12.1 Å². The number of esters is 1. The molecule has 2 N–H and O–H groups in total. The highest BCUT2D eigenvalue weighted by molar-refractivity contribution is 5.89. The Balaban J connectivity index is 1.47. The van der Waals surface area contributed by atoms with Gasteiger partial charge < -0.3 is 29.7 Å². The van der Waals surface area contributed by atoms with Gasteiger partial charge in [0.05, 0.1) is 32.0 Å². The monoisotopic (exact) mass is 625 g/mol. The number of unbranched alkanes of at least 4 members (excludes halogenated alkanes) is 2. The first-order chi connectivity index (χ1) is 22.4. The van der Waals surface area contributed by atoms with E-state index in [9.17, 15) is 4.79 Å². The summed E-state index contributed by atoms with van der Waals surface area (Å²) in [6, 6.07) is 22.0. The second-order valence-electron chi connectivity index (χ2n) is 11.8. The van der Waals surface area contributed by atoms with E-state index in [0.717, 1.165) is 86.7 Å². The molecule has 0 amide bonds. The average Bonchev–Trinajstić information content (AvgIpc) is 3.05. The number of aryl methyl sites for hydroxylation is 1. The van der Waals surface area contributed by atoms with Crippen LogP contribution in [0.1, 0.15) is 80.3 Å². The highest BCUT2D eigenvalue weighted by atomic mass is 16.5. The summed E-state index contributed by atoms with van der Waals surface area (Å²) >= 11 is 0. The molecule has 0 radical (unpaired) electrons. The smallest absolute Gasteiger partial charge is 0.337 e. The van der Waals surface area contributed by atoms with Crippen LogP contribution in [0.3, 0.4) is 0 Å². The van der Waals surface area contributed by atoms with E-state index in [2.05, 4.69) is 84.8 Å². The van der Waals surface area contributed by atoms with Crippen LogP contribution in [0.5, 0.6) is 11.5 Å². The van der Waals surface area contributed by atoms with Gasteiger partial charge in [-0.3, -0.25) is 0 Å². The summed E-state index contributed by atoms with van der Waals surface area (Å²) in [5.74, 6) is 2.18. The first-order valence-corrected chi connectivity index (χ1v) is 16.7. The summed E-state index contributed by atoms with van der Waals surface area (Å²) in [4.78, 5) is 14.3. The van der Waals surface area contributed by atoms with Crippen LogP contribution in [0.4, 0.5) is 11.4 Å². The quantitative estimate of drug-likeness (QED) is 0.108. The summed E-state index contributed by atoms with van der Waals surface area (Å²) in [5.41, 5.74) is 7.90. The summed E-state index contributed by atoms with van der Waals surface area (Å²) < 4.78 is 16.8. The maximum absolute atomic E-state index is 11.8. The minimum Gasteiger partial charge on any atom is -0.495 e. The minimum absolute atomic E-state index is 0.347. The zero-order valence-electron chi connectivity index (χ0n) is 28.3. The second-order valence-corrected chi connectivity index (χ2v) is 11.8. The number of allylic oxidation sites excluding steroid dienone is 3. The summed E-state index contributed by atoms with van der Waals surface area (Å²) in [7, 11) is 3.13. The van der Waals surface area contributed by atoms with Gasteiger partial charge in [0.1, 0.15) is 23.9 Å². The van der Waals surface area contributed by atoms with Crippen LogP contribution in [0.15, 0.2) is 89.9 Å². The van der Waals surface area contributed by atoms with Crippen LogP contribution >= 0.6 is 0 Å². The van der Waals surface area contributed by atoms with Crippen molar-refractivity contribution in [3.8, 4) is 11.5 Å². The fraction of sp³-hybridized carbons (Fsp3) is 0.410. The number of ether oxygens (including phenoxy) is 3. The Kier molecular flexibility index (Phi) is 13.4. The molecule has 1 saturated carbocycles. The van der Waals surface area contributed by atoms with Crippen molar-refractivity contribution < 1.29 is 19.0 Å². The number of methoxy groups -OCH3 is 2. The standard InChI is InChI=1S/C39H51N3O4/c1-6-8-9-17-38(40-34-16-11-10-13-29(34)3)41-35-23-18-30(28-37(35)44-4)27-36(31-14-12-15-31)42(24-7-2)25-26-46-33-21-19-32(20-22-33)39(43)45-5/h10-11,13,16-23,28,40-41H,6-9,12,14-15,24-27H2,1-5H3/b38-17-. The van der Waals surface area contributed by atoms with Crippen molar-refractivity contribution in [3.63, 3.8) is 0 Å². The zero-order valence-corrected chi connectivity index (χ0v) is 28.3. The van der Waals surface area contributed by atoms with Crippen molar-refractivity contribution in [2.24, 2.45) is 0 Å². The fourth-order valence-electron chi connectivity index (χ4n) is 5.56. The van der Waals surface area contributed by atoms with Gasteiger partial charge in [-0.05, 0) is 105 Å². The number of para-hydroxylation sites is 1. The number of carbonyl (C=O) groups is 1. The average molecular weight is 626 g/mol. The van der Waals surface area contributed by atoms with E-state index in [1.54, 1.807) is 24.8 Å². The number of carbonyl (C=O) groups excluding carboxylic acids is 1. The van der Waals surface area contributed by atoms with Gasteiger partial charge in [0.2, 0.25) is 0 Å². The third kappa shape index (κ3) is 9.80. The maximum atomic E-state index is 11.8. The van der Waals surface area contributed by atoms with Crippen molar-refractivity contribution in [2.45, 2.75) is 72.1 Å². The molecule has 0 aliphatic heterocycles. The molecule has 46 heavy (non-hydrogen) atoms. The van der Waals surface area contributed by atoms with Crippen molar-refractivity contribution in [2.75, 3.05) is 44.5 Å². The van der Waals surface area contributed by atoms with Crippen molar-refractivity contribution in [1.82, 2.24) is 4.90 Å². The van der Waals surface area contributed by atoms with E-state index < -0.39 is 0 Å². The molecule has 7 nitrogen and oxygen atoms in total. The van der Waals surface area contributed by atoms with Gasteiger partial charge in [0.15, 0.2) is 0 Å². The largest absolute Gasteiger partial charge is 0.495 e. The van der Waals surface area contributed by atoms with Gasteiger partial charge in [-0.1, -0.05) is 50.1 Å². The molecule has 1 aliphatic carbocycles. The highest BCUT2D eigenvalue weighted by Crippen LogP contribution is 2.34. The molecule has 0 saturated heterocycles. The van der Waals surface area contributed by atoms with E-state index in [0.29, 0.717) is 12.2 Å². The van der Waals surface area contributed by atoms with Gasteiger partial charge in [0, 0.05) is 24.4 Å². The molecule has 0 aromatic heterocycles. The number of anilines is 2. The third-order valence-electron chi connectivity index (χ3n) is 8.37. The molecule has 0 bridgehead atoms. The molecule has 3 aromatic rings. The molecule has 0 spiro atoms. The number of hydrogen-bond acceptors (Lipinski definition) is 7. The molecule has 0 atom stereocenters. The van der Waals surface area contributed by atoms with Crippen LogP contribution in [-0.2, 0) is 11.2 Å². The summed E-state index contributed by atoms with van der Waals surface area (Å²) in [5, 5.41) is 7.22. The molecule has 3 aromatic carbocycles. The Morgan fingerprint density at radius 2 is 1.67 bits per heavy atom. The lowest BCUT2D eigenvalue weighted by atomic mass is 9.88. The van der Waals surface area contributed by atoms with E-state index in [1.165, 1.54) is 30.4 Å². The van der Waals surface area contributed by atoms with Gasteiger partial charge in [0.25, 0.3) is 0 Å². The Bertz CT molecular complexity index is 1470. The normalized spacial score (nSPS) is 12.6. The highest BCUT2D eigenvalue weighted by Gasteiger charge is 2.21. The lowest BCUT2D eigenvalue weighted by Crippen LogP contribution is -2.31. The topological polar surface area (TPSA) is 72.1 Å². The lowest BCUT2D eigenvalue weighted by molar-refractivity contribution is 0.0600. The van der Waals surface area contributed by atoms with Crippen molar-refractivity contribution in [1.29, 1.82) is 0 Å². The zero-order chi connectivity index (χ0) is 32.7. The number of nitrogens with zero attached hydrogens (tertiary/aromatic N) is 1. The lowest BCUT2D eigenvalue weighted by Gasteiger charge is -2.33. The Morgan fingerprint density at radius 1 is 0.913 bits per heavy atom. The van der Waals surface area contributed by atoms with E-state index in [-0.39, 0.29) is 5.97 Å². The second kappa shape index (κ2) is 17.9. The first-order valence-electron chi connectivity index (χ1n) is 16.7. The van der Waals surface area contributed by atoms with E-state index in [4.69, 9.17) is 14.2 Å². The van der Waals surface area contributed by atoms with Crippen LogP contribution in [-0.4, -0.2) is 44.8 Å². The predicted molar refractivity (Wildman–Crippen MR) is 189 cm³/mol. The fourth-order valence-corrected chi connectivity index (χ4v) is 5.56. The SMILES string of the molecule is CCCC/C=C(/Nc1ccccc1C)Nc1ccc(CC(=C2CCC2)N(CCC)CCOc2ccc(C(=O)OC)cc2)cc1OC. The number of rotatable bonds is 18. The van der Waals surface area contributed by atoms with Gasteiger partial charge >= 0.3 is 5.97 Å². The van der Waals surface area contributed by atoms with Gasteiger partial charge in [-0.15, -0.1) is 0 Å². The first kappa shape index (κ1) is 34.5. The van der Waals surface area contributed by atoms with Crippen LogP contribution in [0, 0.1) is 6.92 Å². The summed E-state index contributed by atoms with van der Waals surface area (Å²) in [6.45, 7) is 8.87. The molecule has 246 valence electrons. The number of hydrogen-bond donors (Lipinski definition) is 2. The van der Waals surface area contributed by atoms with Crippen LogP contribution in [0.25, 0.3) is 0 Å². The van der Waals surface area contributed by atoms with Crippen LogP contribution < -0.4 is 20.1 Å². The number of benzene rings is 3. The Hall–Kier alpha value is -4.39. The van der Waals surface area contributed by atoms with Crippen molar-refractivity contribution in [3.05, 3.63) is 107 Å². The third-order valence-corrected chi connectivity index (χ3v) is 8.37. The minimum atomic E-state index is -0.347. The molecular weight excluding hydrogens is 574 g/mol. The molecule has 1 fully saturated rings. The molecule has 4 rings (SSSR count). The molecule has 7 heteroatoms. The predicted octanol–water partition coefficient (Wildman–Crippen LogP) is 9.12. The molecule has 1 aliphatic rings. The Morgan fingerprint density at radius 3 is 2.33 bits per heavy atom. The maximum Gasteiger partial charge on any atom is 0.337 e. The Labute approximate surface area is 275 Å². The van der Waals surface area contributed by atoms with Gasteiger partial charge in [-0.2, -0.15) is 0 Å². The van der Waals surface area contributed by atoms with Gasteiger partial charge in [-0.25, -0.2) is 4.79 Å². The molecular formula is C39H51N3O4. The van der Waals surface area contributed by atoms with E-state index >= 15 is 0 Å².